The monoisotopic (exact) mass is 287 g/mol. The molecule has 19 heavy (non-hydrogen) atoms. The largest absolute Gasteiger partial charge is 0.346 e. The fourth-order valence-corrected chi connectivity index (χ4v) is 1.43. The number of carbonyl (C=O) groups excluding carboxylic acids is 1. The molecule has 0 radical (unpaired) electrons. The van der Waals surface area contributed by atoms with Gasteiger partial charge in [0, 0.05) is 29.3 Å². The molecule has 1 aromatic carbocycles. The van der Waals surface area contributed by atoms with Gasteiger partial charge in [0.25, 0.3) is 11.6 Å². The molecule has 0 atom stereocenters. The summed E-state index contributed by atoms with van der Waals surface area (Å²) in [5, 5.41) is 13.4. The summed E-state index contributed by atoms with van der Waals surface area (Å²) in [5.74, 6) is -0.288. The topological polar surface area (TPSA) is 98.3 Å². The van der Waals surface area contributed by atoms with Gasteiger partial charge in [-0.2, -0.15) is 0 Å². The number of rotatable bonds is 4. The Morgan fingerprint density at radius 1 is 1.47 bits per heavy atom. The molecule has 0 heterocycles. The average Bonchev–Trinajstić information content (AvgIpc) is 2.27. The van der Waals surface area contributed by atoms with Crippen molar-refractivity contribution in [2.24, 2.45) is 5.73 Å². The van der Waals surface area contributed by atoms with Gasteiger partial charge in [-0.15, -0.1) is 12.4 Å². The van der Waals surface area contributed by atoms with E-state index in [0.717, 1.165) is 0 Å². The predicted molar refractivity (Wildman–Crippen MR) is 75.7 cm³/mol. The van der Waals surface area contributed by atoms with Crippen LogP contribution in [0.4, 0.5) is 5.69 Å². The van der Waals surface area contributed by atoms with Crippen molar-refractivity contribution in [1.82, 2.24) is 5.32 Å². The molecule has 0 aliphatic carbocycles. The lowest BCUT2D eigenvalue weighted by molar-refractivity contribution is -0.385. The summed E-state index contributed by atoms with van der Waals surface area (Å²) < 4.78 is 0. The van der Waals surface area contributed by atoms with Gasteiger partial charge in [-0.3, -0.25) is 14.9 Å². The molecule has 0 fully saturated rings. The second kappa shape index (κ2) is 6.49. The van der Waals surface area contributed by atoms with Crippen molar-refractivity contribution in [1.29, 1.82) is 0 Å². The SMILES string of the molecule is Cc1cc(C(=O)NC(C)(C)CN)ccc1[N+](=O)[O-].Cl. The van der Waals surface area contributed by atoms with Gasteiger partial charge in [0.1, 0.15) is 0 Å². The van der Waals surface area contributed by atoms with Crippen molar-refractivity contribution in [3.8, 4) is 0 Å². The van der Waals surface area contributed by atoms with Gasteiger partial charge in [-0.1, -0.05) is 0 Å². The Morgan fingerprint density at radius 3 is 2.47 bits per heavy atom. The minimum absolute atomic E-state index is 0. The summed E-state index contributed by atoms with van der Waals surface area (Å²) in [7, 11) is 0. The van der Waals surface area contributed by atoms with Crippen LogP contribution in [-0.2, 0) is 0 Å². The Labute approximate surface area is 117 Å². The Morgan fingerprint density at radius 2 is 2.05 bits per heavy atom. The zero-order chi connectivity index (χ0) is 13.9. The molecule has 0 bridgehead atoms. The van der Waals surface area contributed by atoms with E-state index in [1.165, 1.54) is 18.2 Å². The lowest BCUT2D eigenvalue weighted by Crippen LogP contribution is -2.48. The van der Waals surface area contributed by atoms with Crippen LogP contribution in [0.3, 0.4) is 0 Å². The standard InChI is InChI=1S/C12H17N3O3.ClH/c1-8-6-9(4-5-10(8)15(17)18)11(16)14-12(2,3)7-13;/h4-6H,7,13H2,1-3H3,(H,14,16);1H. The molecule has 3 N–H and O–H groups in total. The first-order valence-corrected chi connectivity index (χ1v) is 5.54. The molecule has 0 saturated heterocycles. The van der Waals surface area contributed by atoms with E-state index in [1.807, 2.05) is 13.8 Å². The minimum atomic E-state index is -0.507. The number of nitro groups is 1. The van der Waals surface area contributed by atoms with Crippen LogP contribution in [0, 0.1) is 17.0 Å². The number of benzene rings is 1. The number of carbonyl (C=O) groups is 1. The first-order valence-electron chi connectivity index (χ1n) is 5.54. The number of nitro benzene ring substituents is 1. The van der Waals surface area contributed by atoms with Crippen LogP contribution in [0.1, 0.15) is 29.8 Å². The number of halogens is 1. The van der Waals surface area contributed by atoms with Gasteiger partial charge in [-0.05, 0) is 32.9 Å². The highest BCUT2D eigenvalue weighted by Gasteiger charge is 2.20. The third-order valence-corrected chi connectivity index (χ3v) is 2.62. The smallest absolute Gasteiger partial charge is 0.272 e. The summed E-state index contributed by atoms with van der Waals surface area (Å²) in [6.07, 6.45) is 0. The number of aryl methyl sites for hydroxylation is 1. The van der Waals surface area contributed by atoms with E-state index in [1.54, 1.807) is 6.92 Å². The highest BCUT2D eigenvalue weighted by molar-refractivity contribution is 5.95. The first kappa shape index (κ1) is 17.3. The molecule has 0 aliphatic rings. The van der Waals surface area contributed by atoms with Crippen LogP contribution in [0.5, 0.6) is 0 Å². The third-order valence-electron chi connectivity index (χ3n) is 2.62. The minimum Gasteiger partial charge on any atom is -0.346 e. The number of nitrogens with zero attached hydrogens (tertiary/aromatic N) is 1. The molecule has 1 amide bonds. The molecule has 6 nitrogen and oxygen atoms in total. The molecule has 0 saturated carbocycles. The average molecular weight is 288 g/mol. The zero-order valence-electron chi connectivity index (χ0n) is 11.1. The molecule has 0 spiro atoms. The maximum absolute atomic E-state index is 11.9. The molecule has 1 aromatic rings. The van der Waals surface area contributed by atoms with Crippen LogP contribution < -0.4 is 11.1 Å². The number of nitrogens with two attached hydrogens (primary N) is 1. The van der Waals surface area contributed by atoms with Crippen molar-refractivity contribution < 1.29 is 9.72 Å². The van der Waals surface area contributed by atoms with Crippen molar-refractivity contribution in [3.63, 3.8) is 0 Å². The summed E-state index contributed by atoms with van der Waals surface area (Å²) in [6.45, 7) is 5.53. The van der Waals surface area contributed by atoms with Crippen LogP contribution in [-0.4, -0.2) is 22.9 Å². The summed E-state index contributed by atoms with van der Waals surface area (Å²) in [4.78, 5) is 22.1. The van der Waals surface area contributed by atoms with Crippen molar-refractivity contribution in [2.75, 3.05) is 6.54 Å². The van der Waals surface area contributed by atoms with E-state index in [0.29, 0.717) is 17.7 Å². The summed E-state index contributed by atoms with van der Waals surface area (Å²) in [5.41, 5.74) is 5.86. The third kappa shape index (κ3) is 4.50. The second-order valence-corrected chi connectivity index (χ2v) is 4.80. The van der Waals surface area contributed by atoms with E-state index in [4.69, 9.17) is 5.73 Å². The van der Waals surface area contributed by atoms with Crippen LogP contribution >= 0.6 is 12.4 Å². The lowest BCUT2D eigenvalue weighted by Gasteiger charge is -2.24. The highest BCUT2D eigenvalue weighted by Crippen LogP contribution is 2.19. The van der Waals surface area contributed by atoms with Crippen molar-refractivity contribution in [2.45, 2.75) is 26.3 Å². The molecular weight excluding hydrogens is 270 g/mol. The quantitative estimate of drug-likeness (QED) is 0.651. The van der Waals surface area contributed by atoms with Crippen molar-refractivity contribution in [3.05, 3.63) is 39.4 Å². The van der Waals surface area contributed by atoms with Gasteiger partial charge in [-0.25, -0.2) is 0 Å². The second-order valence-electron chi connectivity index (χ2n) is 4.80. The molecule has 0 unspecified atom stereocenters. The molecule has 1 rings (SSSR count). The molecule has 0 aliphatic heterocycles. The van der Waals surface area contributed by atoms with Crippen LogP contribution in [0.2, 0.25) is 0 Å². The molecule has 0 aromatic heterocycles. The number of hydrogen-bond acceptors (Lipinski definition) is 4. The van der Waals surface area contributed by atoms with Crippen LogP contribution in [0.25, 0.3) is 0 Å². The van der Waals surface area contributed by atoms with Crippen molar-refractivity contribution >= 4 is 24.0 Å². The fraction of sp³-hybridized carbons (Fsp3) is 0.417. The Hall–Kier alpha value is -1.66. The summed E-state index contributed by atoms with van der Waals surface area (Å²) >= 11 is 0. The van der Waals surface area contributed by atoms with E-state index in [-0.39, 0.29) is 24.0 Å². The van der Waals surface area contributed by atoms with Gasteiger partial charge < -0.3 is 11.1 Å². The lowest BCUT2D eigenvalue weighted by atomic mass is 10.0. The van der Waals surface area contributed by atoms with E-state index in [9.17, 15) is 14.9 Å². The normalized spacial score (nSPS) is 10.5. The van der Waals surface area contributed by atoms with Gasteiger partial charge in [0.2, 0.25) is 0 Å². The number of nitrogens with one attached hydrogen (secondary N) is 1. The predicted octanol–water partition coefficient (Wildman–Crippen LogP) is 1.79. The Bertz CT molecular complexity index is 489. The van der Waals surface area contributed by atoms with Gasteiger partial charge in [0.05, 0.1) is 4.92 Å². The van der Waals surface area contributed by atoms with Gasteiger partial charge >= 0.3 is 0 Å². The van der Waals surface area contributed by atoms with Gasteiger partial charge in [0.15, 0.2) is 0 Å². The first-order chi connectivity index (χ1) is 8.26. The molecule has 7 heteroatoms. The summed E-state index contributed by atoms with van der Waals surface area (Å²) in [6, 6.07) is 4.27. The Kier molecular flexibility index (Phi) is 5.92. The van der Waals surface area contributed by atoms with E-state index in [2.05, 4.69) is 5.32 Å². The van der Waals surface area contributed by atoms with E-state index < -0.39 is 10.5 Å². The fourth-order valence-electron chi connectivity index (χ4n) is 1.43. The highest BCUT2D eigenvalue weighted by atomic mass is 35.5. The Balaban J connectivity index is 0.00000324. The molecule has 106 valence electrons. The van der Waals surface area contributed by atoms with E-state index >= 15 is 0 Å². The maximum Gasteiger partial charge on any atom is 0.272 e. The number of hydrogen-bond donors (Lipinski definition) is 2. The molecular formula is C12H18ClN3O3. The maximum atomic E-state index is 11.9. The van der Waals surface area contributed by atoms with Crippen LogP contribution in [0.15, 0.2) is 18.2 Å². The zero-order valence-corrected chi connectivity index (χ0v) is 11.9. The number of amides is 1.